The number of allylic oxidation sites excluding steroid dienone is 4. The van der Waals surface area contributed by atoms with Crippen LogP contribution in [0, 0.1) is 81.8 Å². The number of fused-ring (bicyclic) bond motifs is 11. The molecule has 17 atom stereocenters. The third kappa shape index (κ3) is 5.15. The first-order valence-electron chi connectivity index (χ1n) is 21.9. The van der Waals surface area contributed by atoms with E-state index in [4.69, 9.17) is 0 Å². The number of aliphatic hydroxyl groups is 2. The average molecular weight is 715 g/mol. The van der Waals surface area contributed by atoms with E-state index in [0.29, 0.717) is 71.8 Å². The Bertz CT molecular complexity index is 1810. The van der Waals surface area contributed by atoms with Gasteiger partial charge >= 0.3 is 0 Å². The van der Waals surface area contributed by atoms with Crippen LogP contribution in [0.2, 0.25) is 0 Å². The molecule has 4 nitrogen and oxygen atoms in total. The Hall–Kier alpha value is -2.16. The van der Waals surface area contributed by atoms with E-state index in [1.54, 1.807) is 22.3 Å². The van der Waals surface area contributed by atoms with E-state index in [1.807, 2.05) is 6.92 Å². The van der Waals surface area contributed by atoms with E-state index in [9.17, 15) is 10.2 Å². The molecule has 10 rings (SSSR count). The summed E-state index contributed by atoms with van der Waals surface area (Å²) in [5.74, 6) is 14.0. The van der Waals surface area contributed by atoms with Gasteiger partial charge in [-0.25, -0.2) is 0 Å². The number of benzene rings is 1. The summed E-state index contributed by atoms with van der Waals surface area (Å²) in [5, 5.41) is 29.8. The molecular formula is C49H66N2O2. The van der Waals surface area contributed by atoms with Gasteiger partial charge in [0.25, 0.3) is 0 Å². The Labute approximate surface area is 320 Å². The van der Waals surface area contributed by atoms with Gasteiger partial charge in [0.2, 0.25) is 0 Å². The van der Waals surface area contributed by atoms with Crippen LogP contribution in [0.1, 0.15) is 110 Å². The fraction of sp³-hybridized carbons (Fsp3) is 0.714. The Morgan fingerprint density at radius 2 is 1.85 bits per heavy atom. The van der Waals surface area contributed by atoms with Crippen molar-refractivity contribution in [3.63, 3.8) is 0 Å². The van der Waals surface area contributed by atoms with Gasteiger partial charge in [0.15, 0.2) is 0 Å². The van der Waals surface area contributed by atoms with Gasteiger partial charge in [-0.2, -0.15) is 0 Å². The van der Waals surface area contributed by atoms with Gasteiger partial charge in [-0.1, -0.05) is 72.1 Å². The van der Waals surface area contributed by atoms with Crippen LogP contribution >= 0.6 is 0 Å². The molecule has 0 amide bonds. The average Bonchev–Trinajstić information content (AvgIpc) is 3.73. The lowest BCUT2D eigenvalue weighted by molar-refractivity contribution is -0.0246. The molecule has 0 aromatic heterocycles. The normalized spacial score (nSPS) is 49.4. The molecule has 6 fully saturated rings. The van der Waals surface area contributed by atoms with Crippen molar-refractivity contribution in [1.29, 1.82) is 0 Å². The lowest BCUT2D eigenvalue weighted by Gasteiger charge is -2.61. The van der Waals surface area contributed by atoms with Gasteiger partial charge < -0.3 is 20.8 Å². The molecule has 1 aliphatic heterocycles. The molecule has 4 heteroatoms. The zero-order valence-corrected chi connectivity index (χ0v) is 33.3. The smallest absolute Gasteiger partial charge is 0.0696 e. The summed E-state index contributed by atoms with van der Waals surface area (Å²) in [6.07, 6.45) is 15.9. The minimum atomic E-state index is -0.390. The summed E-state index contributed by atoms with van der Waals surface area (Å²) in [6.45, 7) is 17.1. The Balaban J connectivity index is 1.11. The monoisotopic (exact) mass is 715 g/mol. The van der Waals surface area contributed by atoms with Crippen LogP contribution in [0.4, 0.5) is 0 Å². The number of aliphatic hydroxyl groups excluding tert-OH is 2. The molecule has 17 unspecified atom stereocenters. The van der Waals surface area contributed by atoms with Crippen molar-refractivity contribution in [3.8, 4) is 11.8 Å². The maximum atomic E-state index is 11.6. The predicted octanol–water partition coefficient (Wildman–Crippen LogP) is 8.19. The van der Waals surface area contributed by atoms with Gasteiger partial charge in [-0.05, 0) is 174 Å². The first kappa shape index (κ1) is 35.3. The highest BCUT2D eigenvalue weighted by Gasteiger charge is 2.67. The molecule has 8 aliphatic carbocycles. The zero-order valence-electron chi connectivity index (χ0n) is 33.3. The largest absolute Gasteiger partial charge is 0.392 e. The highest BCUT2D eigenvalue weighted by Crippen LogP contribution is 2.71. The summed E-state index contributed by atoms with van der Waals surface area (Å²) < 4.78 is 0. The second kappa shape index (κ2) is 12.4. The lowest BCUT2D eigenvalue weighted by Crippen LogP contribution is -2.67. The van der Waals surface area contributed by atoms with Crippen LogP contribution in [0.5, 0.6) is 0 Å². The van der Waals surface area contributed by atoms with Crippen molar-refractivity contribution in [2.24, 2.45) is 70.0 Å². The van der Waals surface area contributed by atoms with E-state index in [1.165, 1.54) is 56.1 Å². The second-order valence-electron chi connectivity index (χ2n) is 20.9. The van der Waals surface area contributed by atoms with E-state index in [0.717, 1.165) is 32.1 Å². The lowest BCUT2D eigenvalue weighted by atomic mass is 9.44. The molecule has 0 radical (unpaired) electrons. The molecule has 1 aromatic carbocycles. The molecule has 9 aliphatic rings. The first-order valence-corrected chi connectivity index (χ1v) is 21.9. The van der Waals surface area contributed by atoms with E-state index in [2.05, 4.69) is 87.1 Å². The Morgan fingerprint density at radius 3 is 2.64 bits per heavy atom. The minimum Gasteiger partial charge on any atom is -0.392 e. The van der Waals surface area contributed by atoms with Crippen LogP contribution in [0.25, 0.3) is 0 Å². The van der Waals surface area contributed by atoms with E-state index >= 15 is 0 Å². The van der Waals surface area contributed by atoms with Gasteiger partial charge in [-0.3, -0.25) is 0 Å². The molecule has 6 bridgehead atoms. The number of hydrogen-bond acceptors (Lipinski definition) is 4. The third-order valence-corrected chi connectivity index (χ3v) is 18.3. The summed E-state index contributed by atoms with van der Waals surface area (Å²) in [7, 11) is 0. The second-order valence-corrected chi connectivity index (χ2v) is 20.9. The molecule has 1 saturated heterocycles. The molecule has 1 aromatic rings. The fourth-order valence-electron chi connectivity index (χ4n) is 16.2. The highest BCUT2D eigenvalue weighted by atomic mass is 16.3. The Kier molecular flexibility index (Phi) is 8.26. The number of nitrogens with one attached hydrogen (secondary N) is 2. The number of hydrogen-bond donors (Lipinski definition) is 4. The predicted molar refractivity (Wildman–Crippen MR) is 214 cm³/mol. The molecule has 53 heavy (non-hydrogen) atoms. The minimum absolute atomic E-state index is 0.0255. The molecule has 1 spiro atoms. The highest BCUT2D eigenvalue weighted by molar-refractivity contribution is 5.46. The SMILES string of the molecule is C=C(C)C1CC2=C(C)C=C3CC2(C)C2(CCC4Cc5cccc(c5)CC5C(CC#CC42)C3NC2(C)C5CC3CC4CC(NCC(C)O)C(O)CC4C32)C1. The molecule has 4 N–H and O–H groups in total. The van der Waals surface area contributed by atoms with Gasteiger partial charge in [0, 0.05) is 36.5 Å². The maximum absolute atomic E-state index is 11.6. The summed E-state index contributed by atoms with van der Waals surface area (Å²) in [4.78, 5) is 0. The van der Waals surface area contributed by atoms with Crippen LogP contribution in [-0.2, 0) is 12.8 Å². The number of piperidine rings is 1. The van der Waals surface area contributed by atoms with Crippen molar-refractivity contribution in [3.05, 3.63) is 70.3 Å². The van der Waals surface area contributed by atoms with E-state index in [-0.39, 0.29) is 28.5 Å². The van der Waals surface area contributed by atoms with Crippen molar-refractivity contribution in [1.82, 2.24) is 10.6 Å². The standard InChI is InChI=1S/C49H66N2O2/c1-27(2)35-21-41-28(3)15-36-24-47(41,5)49(25-35)14-13-32-17-30-9-7-10-31(16-30)18-39-37(11-8-12-40(32)49)46(36)51-48(6)42(39)20-34-19-33-22-43(50-26-29(4)52)44(53)23-38(33)45(34)48/h7,9-10,15-16,29,32-35,37-40,42-46,50-53H,1,11,13-14,17-26H2,2-6H3. The summed E-state index contributed by atoms with van der Waals surface area (Å²) in [6, 6.07) is 10.3. The molecule has 284 valence electrons. The topological polar surface area (TPSA) is 64.5 Å². The van der Waals surface area contributed by atoms with Crippen LogP contribution in [0.3, 0.4) is 0 Å². The third-order valence-electron chi connectivity index (χ3n) is 18.3. The fourth-order valence-corrected chi connectivity index (χ4v) is 16.2. The van der Waals surface area contributed by atoms with Crippen molar-refractivity contribution < 1.29 is 10.2 Å². The summed E-state index contributed by atoms with van der Waals surface area (Å²) in [5.41, 5.74) is 9.71. The maximum Gasteiger partial charge on any atom is 0.0696 e. The van der Waals surface area contributed by atoms with Crippen LogP contribution in [-0.4, -0.2) is 46.6 Å². The summed E-state index contributed by atoms with van der Waals surface area (Å²) >= 11 is 0. The first-order chi connectivity index (χ1) is 25.4. The number of rotatable bonds is 4. The van der Waals surface area contributed by atoms with Gasteiger partial charge in [0.05, 0.1) is 12.2 Å². The van der Waals surface area contributed by atoms with Crippen molar-refractivity contribution in [2.45, 2.75) is 141 Å². The van der Waals surface area contributed by atoms with Crippen molar-refractivity contribution >= 4 is 0 Å². The van der Waals surface area contributed by atoms with Crippen LogP contribution < -0.4 is 10.6 Å². The quantitative estimate of drug-likeness (QED) is 0.188. The molecular weight excluding hydrogens is 649 g/mol. The van der Waals surface area contributed by atoms with Crippen molar-refractivity contribution in [2.75, 3.05) is 6.54 Å². The van der Waals surface area contributed by atoms with Gasteiger partial charge in [0.1, 0.15) is 0 Å². The molecule has 1 heterocycles. The van der Waals surface area contributed by atoms with E-state index < -0.39 is 6.10 Å². The van der Waals surface area contributed by atoms with Crippen LogP contribution in [0.15, 0.2) is 59.2 Å². The zero-order chi connectivity index (χ0) is 36.6. The van der Waals surface area contributed by atoms with Gasteiger partial charge in [-0.15, -0.1) is 5.92 Å². The Morgan fingerprint density at radius 1 is 1.04 bits per heavy atom. The molecule has 5 saturated carbocycles.